The van der Waals surface area contributed by atoms with Crippen LogP contribution in [0.1, 0.15) is 5.56 Å². The third-order valence-electron chi connectivity index (χ3n) is 2.80. The average Bonchev–Trinajstić information content (AvgIpc) is 2.30. The number of hydrogen-bond donors (Lipinski definition) is 1. The zero-order valence-electron chi connectivity index (χ0n) is 8.99. The monoisotopic (exact) mass is 240 g/mol. The number of carbonyl (C=O) groups is 1. The number of ether oxygens (including phenoxy) is 1. The van der Waals surface area contributed by atoms with Gasteiger partial charge in [-0.2, -0.15) is 0 Å². The molecule has 0 spiro atoms. The lowest BCUT2D eigenvalue weighted by Gasteiger charge is -2.28. The molecule has 1 saturated heterocycles. The van der Waals surface area contributed by atoms with Crippen LogP contribution in [-0.4, -0.2) is 31.0 Å². The topological polar surface area (TPSA) is 30.7 Å². The van der Waals surface area contributed by atoms with Gasteiger partial charge in [-0.25, -0.2) is 0 Å². The molecule has 1 fully saturated rings. The minimum Gasteiger partial charge on any atom is -0.357 e. The molecule has 4 heteroatoms. The smallest absolute Gasteiger partial charge is 0.256 e. The summed E-state index contributed by atoms with van der Waals surface area (Å²) in [5.41, 5.74) is 1.28. The van der Waals surface area contributed by atoms with Crippen LogP contribution >= 0.6 is 11.6 Å². The van der Waals surface area contributed by atoms with Crippen LogP contribution in [0.15, 0.2) is 30.3 Å². The molecule has 1 aliphatic rings. The van der Waals surface area contributed by atoms with Crippen molar-refractivity contribution < 1.29 is 14.4 Å². The van der Waals surface area contributed by atoms with E-state index in [1.807, 2.05) is 18.2 Å². The lowest BCUT2D eigenvalue weighted by molar-refractivity contribution is -0.923. The molecular weight excluding hydrogens is 226 g/mol. The van der Waals surface area contributed by atoms with Crippen molar-refractivity contribution in [1.29, 1.82) is 0 Å². The van der Waals surface area contributed by atoms with Gasteiger partial charge in [-0.1, -0.05) is 30.3 Å². The molecule has 2 rings (SSSR count). The van der Waals surface area contributed by atoms with Crippen LogP contribution in [-0.2, 0) is 16.1 Å². The van der Waals surface area contributed by atoms with Gasteiger partial charge in [0.1, 0.15) is 19.6 Å². The highest BCUT2D eigenvalue weighted by molar-refractivity contribution is 6.64. The second-order valence-corrected chi connectivity index (χ2v) is 4.40. The summed E-state index contributed by atoms with van der Waals surface area (Å²) >= 11 is 5.45. The molecule has 0 amide bonds. The maximum Gasteiger partial charge on any atom is 0.256 e. The fraction of sp³-hybridized carbons (Fsp3) is 0.417. The Bertz CT molecular complexity index is 355. The maximum atomic E-state index is 11.0. The predicted octanol–water partition coefficient (Wildman–Crippen LogP) is 0.236. The summed E-state index contributed by atoms with van der Waals surface area (Å²) in [4.78, 5) is 12.4. The van der Waals surface area contributed by atoms with Crippen molar-refractivity contribution in [3.8, 4) is 0 Å². The van der Waals surface area contributed by atoms with Crippen LogP contribution < -0.4 is 4.90 Å². The number of halogens is 1. The van der Waals surface area contributed by atoms with Gasteiger partial charge in [0.15, 0.2) is 6.10 Å². The van der Waals surface area contributed by atoms with E-state index >= 15 is 0 Å². The number of carbonyl (C=O) groups excluding carboxylic acids is 1. The first-order valence-corrected chi connectivity index (χ1v) is 5.82. The molecule has 0 aromatic heterocycles. The fourth-order valence-electron chi connectivity index (χ4n) is 1.96. The second kappa shape index (κ2) is 5.43. The van der Waals surface area contributed by atoms with Crippen LogP contribution in [0.5, 0.6) is 0 Å². The third kappa shape index (κ3) is 3.04. The van der Waals surface area contributed by atoms with Crippen LogP contribution in [0, 0.1) is 0 Å². The minimum absolute atomic E-state index is 0.384. The van der Waals surface area contributed by atoms with Crippen molar-refractivity contribution in [2.45, 2.75) is 12.6 Å². The quantitative estimate of drug-likeness (QED) is 0.768. The molecule has 2 atom stereocenters. The summed E-state index contributed by atoms with van der Waals surface area (Å²) in [6.45, 7) is 3.11. The molecule has 1 aliphatic heterocycles. The summed E-state index contributed by atoms with van der Waals surface area (Å²) in [5, 5.41) is -0.384. The van der Waals surface area contributed by atoms with E-state index < -0.39 is 6.10 Å². The van der Waals surface area contributed by atoms with Gasteiger partial charge in [-0.05, 0) is 11.6 Å². The standard InChI is InChI=1S/C12H14ClNO2/c13-12(15)11-9-14(6-7-16-11)8-10-4-2-1-3-5-10/h1-5,11H,6-9H2/p+1/t11-/m0/s1. The van der Waals surface area contributed by atoms with E-state index in [9.17, 15) is 4.79 Å². The summed E-state index contributed by atoms with van der Waals surface area (Å²) in [6, 6.07) is 10.3. The van der Waals surface area contributed by atoms with Gasteiger partial charge in [0, 0.05) is 5.56 Å². The van der Waals surface area contributed by atoms with Crippen LogP contribution in [0.4, 0.5) is 0 Å². The number of benzene rings is 1. The summed E-state index contributed by atoms with van der Waals surface area (Å²) in [7, 11) is 0. The van der Waals surface area contributed by atoms with Crippen molar-refractivity contribution in [2.24, 2.45) is 0 Å². The van der Waals surface area contributed by atoms with Gasteiger partial charge in [0.05, 0.1) is 6.61 Å². The number of hydrogen-bond acceptors (Lipinski definition) is 2. The van der Waals surface area contributed by atoms with Crippen LogP contribution in [0.3, 0.4) is 0 Å². The molecule has 1 unspecified atom stereocenters. The zero-order chi connectivity index (χ0) is 11.4. The van der Waals surface area contributed by atoms with E-state index in [1.54, 1.807) is 0 Å². The van der Waals surface area contributed by atoms with Gasteiger partial charge < -0.3 is 9.64 Å². The molecule has 0 aliphatic carbocycles. The Labute approximate surface area is 100.0 Å². The number of rotatable bonds is 3. The number of nitrogens with one attached hydrogen (secondary N) is 1. The highest BCUT2D eigenvalue weighted by atomic mass is 35.5. The summed E-state index contributed by atoms with van der Waals surface area (Å²) in [5.74, 6) is 0. The Morgan fingerprint density at radius 2 is 2.19 bits per heavy atom. The Hall–Kier alpha value is -0.900. The first kappa shape index (κ1) is 11.6. The molecule has 86 valence electrons. The zero-order valence-corrected chi connectivity index (χ0v) is 9.74. The highest BCUT2D eigenvalue weighted by Gasteiger charge is 2.28. The van der Waals surface area contributed by atoms with E-state index in [-0.39, 0.29) is 5.24 Å². The first-order valence-electron chi connectivity index (χ1n) is 5.44. The minimum atomic E-state index is -0.436. The maximum absolute atomic E-state index is 11.0. The average molecular weight is 241 g/mol. The van der Waals surface area contributed by atoms with E-state index in [4.69, 9.17) is 16.3 Å². The van der Waals surface area contributed by atoms with Crippen molar-refractivity contribution in [3.05, 3.63) is 35.9 Å². The van der Waals surface area contributed by atoms with E-state index in [0.717, 1.165) is 13.1 Å². The van der Waals surface area contributed by atoms with Gasteiger partial charge in [0.25, 0.3) is 5.24 Å². The summed E-state index contributed by atoms with van der Waals surface area (Å²) in [6.07, 6.45) is -0.436. The normalized spacial score (nSPS) is 25.3. The largest absolute Gasteiger partial charge is 0.357 e. The van der Waals surface area contributed by atoms with Gasteiger partial charge in [0.2, 0.25) is 0 Å². The fourth-order valence-corrected chi connectivity index (χ4v) is 2.10. The predicted molar refractivity (Wildman–Crippen MR) is 61.4 cm³/mol. The molecule has 0 bridgehead atoms. The molecule has 0 radical (unpaired) electrons. The molecule has 1 N–H and O–H groups in total. The molecule has 16 heavy (non-hydrogen) atoms. The van der Waals surface area contributed by atoms with E-state index in [1.165, 1.54) is 10.5 Å². The van der Waals surface area contributed by atoms with Crippen LogP contribution in [0.25, 0.3) is 0 Å². The van der Waals surface area contributed by atoms with Crippen molar-refractivity contribution in [1.82, 2.24) is 0 Å². The molecule has 1 aromatic rings. The van der Waals surface area contributed by atoms with Gasteiger partial charge in [-0.3, -0.25) is 4.79 Å². The Morgan fingerprint density at radius 3 is 2.88 bits per heavy atom. The summed E-state index contributed by atoms with van der Waals surface area (Å²) < 4.78 is 5.30. The molecule has 3 nitrogen and oxygen atoms in total. The molecule has 1 heterocycles. The first-order chi connectivity index (χ1) is 7.75. The van der Waals surface area contributed by atoms with Crippen molar-refractivity contribution in [2.75, 3.05) is 19.7 Å². The SMILES string of the molecule is O=C(Cl)[C@@H]1C[NH+](Cc2ccccc2)CCO1. The van der Waals surface area contributed by atoms with Gasteiger partial charge >= 0.3 is 0 Å². The van der Waals surface area contributed by atoms with Crippen molar-refractivity contribution >= 4 is 16.8 Å². The molecule has 0 saturated carbocycles. The van der Waals surface area contributed by atoms with E-state index in [2.05, 4.69) is 12.1 Å². The molecule has 1 aromatic carbocycles. The lowest BCUT2D eigenvalue weighted by atomic mass is 10.2. The number of morpholine rings is 1. The van der Waals surface area contributed by atoms with Crippen molar-refractivity contribution in [3.63, 3.8) is 0 Å². The number of quaternary nitrogens is 1. The Kier molecular flexibility index (Phi) is 3.93. The third-order valence-corrected chi connectivity index (χ3v) is 3.04. The second-order valence-electron chi connectivity index (χ2n) is 4.03. The molecular formula is C12H15ClNO2+. The van der Waals surface area contributed by atoms with E-state index in [0.29, 0.717) is 13.2 Å². The van der Waals surface area contributed by atoms with Crippen LogP contribution in [0.2, 0.25) is 0 Å². The lowest BCUT2D eigenvalue weighted by Crippen LogP contribution is -3.13. The van der Waals surface area contributed by atoms with Gasteiger partial charge in [-0.15, -0.1) is 0 Å². The Morgan fingerprint density at radius 1 is 1.44 bits per heavy atom. The Balaban J connectivity index is 1.93. The highest BCUT2D eigenvalue weighted by Crippen LogP contribution is 2.00.